The van der Waals surface area contributed by atoms with Crippen molar-refractivity contribution in [1.29, 1.82) is 0 Å². The van der Waals surface area contributed by atoms with Crippen LogP contribution in [0.25, 0.3) is 5.65 Å². The van der Waals surface area contributed by atoms with Crippen LogP contribution in [-0.4, -0.2) is 62.6 Å². The first-order valence-electron chi connectivity index (χ1n) is 10.6. The minimum absolute atomic E-state index is 0.162. The van der Waals surface area contributed by atoms with E-state index in [1.165, 1.54) is 11.3 Å². The Kier molecular flexibility index (Phi) is 5.85. The quantitative estimate of drug-likeness (QED) is 0.621. The molecule has 1 aliphatic rings. The van der Waals surface area contributed by atoms with Crippen LogP contribution in [0.3, 0.4) is 0 Å². The number of aryl methyl sites for hydroxylation is 2. The summed E-state index contributed by atoms with van der Waals surface area (Å²) in [4.78, 5) is 21.5. The molecule has 8 nitrogen and oxygen atoms in total. The highest BCUT2D eigenvalue weighted by Crippen LogP contribution is 2.25. The number of hydrogen-bond donors (Lipinski definition) is 0. The van der Waals surface area contributed by atoms with Crippen LogP contribution < -0.4 is 0 Å². The molecule has 0 bridgehead atoms. The van der Waals surface area contributed by atoms with Gasteiger partial charge in [-0.3, -0.25) is 4.79 Å². The van der Waals surface area contributed by atoms with Crippen molar-refractivity contribution < 1.29 is 9.32 Å². The van der Waals surface area contributed by atoms with Gasteiger partial charge in [0.05, 0.1) is 24.0 Å². The number of aromatic nitrogens is 4. The van der Waals surface area contributed by atoms with Crippen LogP contribution in [0.2, 0.25) is 0 Å². The fraction of sp³-hybridized carbons (Fsp3) is 0.545. The molecule has 1 amide bonds. The second-order valence-corrected chi connectivity index (χ2v) is 8.58. The van der Waals surface area contributed by atoms with Crippen molar-refractivity contribution in [2.45, 2.75) is 46.1 Å². The third-order valence-electron chi connectivity index (χ3n) is 6.05. The lowest BCUT2D eigenvalue weighted by molar-refractivity contribution is -0.131. The number of carbonyl (C=O) groups excluding carboxylic acids is 1. The normalized spacial score (nSPS) is 15.4. The largest absolute Gasteiger partial charge is 0.361 e. The average molecular weight is 411 g/mol. The molecule has 1 fully saturated rings. The number of likely N-dealkylation sites (tertiary alicyclic amines) is 1. The molecule has 0 saturated carbocycles. The molecule has 0 aliphatic carbocycles. The Labute approximate surface area is 176 Å². The van der Waals surface area contributed by atoms with E-state index in [1.807, 2.05) is 35.5 Å². The fourth-order valence-corrected chi connectivity index (χ4v) is 4.32. The molecule has 4 rings (SSSR count). The summed E-state index contributed by atoms with van der Waals surface area (Å²) in [5.41, 5.74) is 5.07. The van der Waals surface area contributed by atoms with Crippen molar-refractivity contribution in [1.82, 2.24) is 29.6 Å². The lowest BCUT2D eigenvalue weighted by Gasteiger charge is -2.32. The smallest absolute Gasteiger partial charge is 0.227 e. The highest BCUT2D eigenvalue weighted by molar-refractivity contribution is 5.79. The van der Waals surface area contributed by atoms with Gasteiger partial charge in [-0.15, -0.1) is 0 Å². The van der Waals surface area contributed by atoms with E-state index in [-0.39, 0.29) is 5.91 Å². The second-order valence-electron chi connectivity index (χ2n) is 8.58. The lowest BCUT2D eigenvalue weighted by atomic mass is 9.90. The summed E-state index contributed by atoms with van der Waals surface area (Å²) >= 11 is 0. The van der Waals surface area contributed by atoms with Gasteiger partial charge < -0.3 is 14.3 Å². The van der Waals surface area contributed by atoms with Crippen LogP contribution in [-0.2, 0) is 24.2 Å². The number of carbonyl (C=O) groups is 1. The monoisotopic (exact) mass is 410 g/mol. The van der Waals surface area contributed by atoms with Crippen molar-refractivity contribution in [2.75, 3.05) is 27.2 Å². The van der Waals surface area contributed by atoms with Gasteiger partial charge in [0.1, 0.15) is 5.76 Å². The van der Waals surface area contributed by atoms with Gasteiger partial charge in [-0.05, 0) is 53.1 Å². The number of piperidine rings is 1. The Morgan fingerprint density at radius 2 is 2.03 bits per heavy atom. The summed E-state index contributed by atoms with van der Waals surface area (Å²) < 4.78 is 7.18. The molecule has 1 aliphatic heterocycles. The van der Waals surface area contributed by atoms with Gasteiger partial charge in [-0.25, -0.2) is 9.50 Å². The van der Waals surface area contributed by atoms with Crippen molar-refractivity contribution >= 4 is 11.6 Å². The number of amides is 1. The summed E-state index contributed by atoms with van der Waals surface area (Å²) in [6, 6.07) is 1.94. The number of hydrogen-bond acceptors (Lipinski definition) is 6. The molecule has 3 aromatic rings. The van der Waals surface area contributed by atoms with Gasteiger partial charge in [0.2, 0.25) is 5.91 Å². The third-order valence-corrected chi connectivity index (χ3v) is 6.05. The van der Waals surface area contributed by atoms with E-state index in [9.17, 15) is 4.79 Å². The molecule has 8 heteroatoms. The molecule has 1 saturated heterocycles. The van der Waals surface area contributed by atoms with Crippen LogP contribution >= 0.6 is 0 Å². The minimum atomic E-state index is 0.162. The maximum absolute atomic E-state index is 12.8. The zero-order valence-corrected chi connectivity index (χ0v) is 18.3. The van der Waals surface area contributed by atoms with Crippen molar-refractivity contribution in [2.24, 2.45) is 5.92 Å². The van der Waals surface area contributed by atoms with E-state index in [2.05, 4.69) is 34.2 Å². The van der Waals surface area contributed by atoms with Crippen molar-refractivity contribution in [3.8, 4) is 0 Å². The minimum Gasteiger partial charge on any atom is -0.361 e. The Morgan fingerprint density at radius 3 is 2.70 bits per heavy atom. The predicted molar refractivity (Wildman–Crippen MR) is 113 cm³/mol. The predicted octanol–water partition coefficient (Wildman–Crippen LogP) is 2.42. The summed E-state index contributed by atoms with van der Waals surface area (Å²) in [7, 11) is 4.14. The molecule has 3 aromatic heterocycles. The van der Waals surface area contributed by atoms with E-state index in [0.29, 0.717) is 12.3 Å². The molecule has 30 heavy (non-hydrogen) atoms. The molecular formula is C22H30N6O2. The molecule has 0 atom stereocenters. The molecule has 0 radical (unpaired) electrons. The maximum atomic E-state index is 12.8. The number of rotatable bonds is 6. The standard InChI is InChI=1S/C22H30N6O2/c1-15-19(16(2)30-25-15)12-22(29)27-9-6-17(7-10-27)11-20-18(14-26(3)4)13-23-21-5-8-24-28(20)21/h5,8,13,17H,6-7,9-12,14H2,1-4H3. The third kappa shape index (κ3) is 4.23. The Balaban J connectivity index is 1.41. The number of fused-ring (bicyclic) bond motifs is 1. The van der Waals surface area contributed by atoms with Gasteiger partial charge in [-0.2, -0.15) is 5.10 Å². The first kappa shape index (κ1) is 20.5. The first-order valence-corrected chi connectivity index (χ1v) is 10.6. The van der Waals surface area contributed by atoms with Crippen LogP contribution in [0.15, 0.2) is 23.0 Å². The maximum Gasteiger partial charge on any atom is 0.227 e. The van der Waals surface area contributed by atoms with Crippen molar-refractivity contribution in [3.63, 3.8) is 0 Å². The molecule has 0 aromatic carbocycles. The fourth-order valence-electron chi connectivity index (χ4n) is 4.32. The average Bonchev–Trinajstić information content (AvgIpc) is 3.32. The number of nitrogens with zero attached hydrogens (tertiary/aromatic N) is 6. The first-order chi connectivity index (χ1) is 14.4. The van der Waals surface area contributed by atoms with Gasteiger partial charge in [0, 0.05) is 43.0 Å². The molecule has 160 valence electrons. The SMILES string of the molecule is Cc1noc(C)c1CC(=O)N1CCC(Cc2c(CN(C)C)cnc3ccnn23)CC1. The van der Waals surface area contributed by atoms with Gasteiger partial charge in [0.15, 0.2) is 5.65 Å². The molecular weight excluding hydrogens is 380 g/mol. The Morgan fingerprint density at radius 1 is 1.27 bits per heavy atom. The van der Waals surface area contributed by atoms with Crippen LogP contribution in [0.1, 0.15) is 41.1 Å². The second kappa shape index (κ2) is 8.55. The summed E-state index contributed by atoms with van der Waals surface area (Å²) in [5.74, 6) is 1.43. The zero-order valence-electron chi connectivity index (χ0n) is 18.3. The van der Waals surface area contributed by atoms with E-state index in [1.54, 1.807) is 6.20 Å². The highest BCUT2D eigenvalue weighted by Gasteiger charge is 2.26. The Hall–Kier alpha value is -2.74. The topological polar surface area (TPSA) is 79.8 Å². The van der Waals surface area contributed by atoms with E-state index in [4.69, 9.17) is 4.52 Å². The van der Waals surface area contributed by atoms with Crippen LogP contribution in [0.5, 0.6) is 0 Å². The van der Waals surface area contributed by atoms with E-state index >= 15 is 0 Å². The molecule has 4 heterocycles. The molecule has 0 spiro atoms. The van der Waals surface area contributed by atoms with E-state index in [0.717, 1.165) is 61.6 Å². The lowest BCUT2D eigenvalue weighted by Crippen LogP contribution is -2.40. The highest BCUT2D eigenvalue weighted by atomic mass is 16.5. The summed E-state index contributed by atoms with van der Waals surface area (Å²) in [6.45, 7) is 6.19. The van der Waals surface area contributed by atoms with E-state index < -0.39 is 0 Å². The summed E-state index contributed by atoms with van der Waals surface area (Å²) in [6.07, 6.45) is 7.11. The summed E-state index contributed by atoms with van der Waals surface area (Å²) in [5, 5.41) is 8.47. The van der Waals surface area contributed by atoms with Crippen LogP contribution in [0.4, 0.5) is 0 Å². The Bertz CT molecular complexity index is 1010. The molecule has 0 N–H and O–H groups in total. The van der Waals surface area contributed by atoms with Crippen molar-refractivity contribution in [3.05, 3.63) is 46.7 Å². The van der Waals surface area contributed by atoms with Gasteiger partial charge in [0.25, 0.3) is 0 Å². The zero-order chi connectivity index (χ0) is 21.3. The molecule has 0 unspecified atom stereocenters. The van der Waals surface area contributed by atoms with Gasteiger partial charge in [-0.1, -0.05) is 5.16 Å². The van der Waals surface area contributed by atoms with Gasteiger partial charge >= 0.3 is 0 Å². The van der Waals surface area contributed by atoms with Crippen LogP contribution in [0, 0.1) is 19.8 Å².